The first-order chi connectivity index (χ1) is 15.7. The number of rotatable bonds is 9. The van der Waals surface area contributed by atoms with Crippen molar-refractivity contribution < 1.29 is 24.2 Å². The molecular weight excluding hydrogens is 420 g/mol. The molecule has 0 unspecified atom stereocenters. The summed E-state index contributed by atoms with van der Waals surface area (Å²) in [4.78, 5) is 35.3. The Hall–Kier alpha value is -3.61. The van der Waals surface area contributed by atoms with Crippen LogP contribution in [0.15, 0.2) is 60.2 Å². The summed E-state index contributed by atoms with van der Waals surface area (Å²) >= 11 is 0. The van der Waals surface area contributed by atoms with Crippen molar-refractivity contribution in [3.8, 4) is 11.1 Å². The number of alkyl carbamates (subject to hydrolysis) is 1. The fraction of sp³-hybridized carbons (Fsp3) is 0.346. The smallest absolute Gasteiger partial charge is 0.407 e. The van der Waals surface area contributed by atoms with E-state index in [1.54, 1.807) is 0 Å². The molecule has 1 aliphatic rings. The summed E-state index contributed by atoms with van der Waals surface area (Å²) in [6.07, 6.45) is 1.10. The summed E-state index contributed by atoms with van der Waals surface area (Å²) in [6.45, 7) is 5.85. The van der Waals surface area contributed by atoms with Crippen molar-refractivity contribution in [1.29, 1.82) is 0 Å². The molecule has 33 heavy (non-hydrogen) atoms. The SMILES string of the molecule is C/C(=C\CNC(=O)CC(C)(C)CNC(=O)OCC1c2ccccc2-c2ccccc21)C(=O)O. The monoisotopic (exact) mass is 450 g/mol. The third kappa shape index (κ3) is 6.22. The van der Waals surface area contributed by atoms with Gasteiger partial charge in [-0.3, -0.25) is 4.79 Å². The molecule has 3 rings (SSSR count). The Morgan fingerprint density at radius 2 is 1.58 bits per heavy atom. The third-order valence-electron chi connectivity index (χ3n) is 5.74. The number of hydrogen-bond acceptors (Lipinski definition) is 4. The lowest BCUT2D eigenvalue weighted by molar-refractivity contribution is -0.132. The number of ether oxygens (including phenoxy) is 1. The van der Waals surface area contributed by atoms with Gasteiger partial charge in [0, 0.05) is 31.0 Å². The number of carboxylic acid groups (broad SMARTS) is 1. The van der Waals surface area contributed by atoms with Gasteiger partial charge in [0.05, 0.1) is 0 Å². The van der Waals surface area contributed by atoms with E-state index >= 15 is 0 Å². The fourth-order valence-corrected chi connectivity index (χ4v) is 3.93. The first-order valence-corrected chi connectivity index (χ1v) is 10.9. The van der Waals surface area contributed by atoms with Gasteiger partial charge < -0.3 is 20.5 Å². The van der Waals surface area contributed by atoms with Crippen LogP contribution in [0, 0.1) is 5.41 Å². The summed E-state index contributed by atoms with van der Waals surface area (Å²) in [5.74, 6) is -1.25. The molecule has 174 valence electrons. The average Bonchev–Trinajstić information content (AvgIpc) is 3.09. The molecule has 2 aromatic carbocycles. The maximum Gasteiger partial charge on any atom is 0.407 e. The molecule has 0 atom stereocenters. The lowest BCUT2D eigenvalue weighted by Crippen LogP contribution is -2.38. The summed E-state index contributed by atoms with van der Waals surface area (Å²) in [6, 6.07) is 16.3. The van der Waals surface area contributed by atoms with Crippen LogP contribution in [0.4, 0.5) is 4.79 Å². The van der Waals surface area contributed by atoms with E-state index in [9.17, 15) is 14.4 Å². The van der Waals surface area contributed by atoms with Crippen LogP contribution in [0.2, 0.25) is 0 Å². The highest BCUT2D eigenvalue weighted by Crippen LogP contribution is 2.44. The van der Waals surface area contributed by atoms with Crippen LogP contribution in [-0.2, 0) is 14.3 Å². The number of amides is 2. The van der Waals surface area contributed by atoms with E-state index in [-0.39, 0.29) is 43.5 Å². The number of carboxylic acids is 1. The molecule has 1 aliphatic carbocycles. The van der Waals surface area contributed by atoms with Gasteiger partial charge in [-0.1, -0.05) is 68.5 Å². The van der Waals surface area contributed by atoms with Crippen LogP contribution < -0.4 is 10.6 Å². The van der Waals surface area contributed by atoms with E-state index in [0.717, 1.165) is 11.1 Å². The molecule has 0 aliphatic heterocycles. The summed E-state index contributed by atoms with van der Waals surface area (Å²) in [5.41, 5.74) is 4.31. The van der Waals surface area contributed by atoms with Gasteiger partial charge in [0.25, 0.3) is 0 Å². The highest BCUT2D eigenvalue weighted by molar-refractivity contribution is 5.86. The minimum atomic E-state index is -1.02. The van der Waals surface area contributed by atoms with Crippen LogP contribution in [0.25, 0.3) is 11.1 Å². The Morgan fingerprint density at radius 3 is 2.15 bits per heavy atom. The van der Waals surface area contributed by atoms with Gasteiger partial charge in [-0.05, 0) is 34.6 Å². The predicted octanol–water partition coefficient (Wildman–Crippen LogP) is 4.09. The van der Waals surface area contributed by atoms with Crippen molar-refractivity contribution in [2.75, 3.05) is 19.7 Å². The Labute approximate surface area is 193 Å². The molecule has 0 saturated carbocycles. The fourth-order valence-electron chi connectivity index (χ4n) is 3.93. The first kappa shape index (κ1) is 24.0. The molecule has 0 bridgehead atoms. The van der Waals surface area contributed by atoms with Gasteiger partial charge in [-0.25, -0.2) is 9.59 Å². The lowest BCUT2D eigenvalue weighted by Gasteiger charge is -2.24. The molecule has 2 amide bonds. The Kier molecular flexibility index (Phi) is 7.53. The van der Waals surface area contributed by atoms with E-state index in [0.29, 0.717) is 0 Å². The normalized spacial score (nSPS) is 13.1. The predicted molar refractivity (Wildman–Crippen MR) is 126 cm³/mol. The van der Waals surface area contributed by atoms with Gasteiger partial charge in [0.2, 0.25) is 5.91 Å². The van der Waals surface area contributed by atoms with Crippen molar-refractivity contribution in [1.82, 2.24) is 10.6 Å². The molecule has 0 saturated heterocycles. The van der Waals surface area contributed by atoms with Gasteiger partial charge in [-0.2, -0.15) is 0 Å². The van der Waals surface area contributed by atoms with Crippen LogP contribution in [0.3, 0.4) is 0 Å². The topological polar surface area (TPSA) is 105 Å². The van der Waals surface area contributed by atoms with Crippen LogP contribution in [0.1, 0.15) is 44.2 Å². The summed E-state index contributed by atoms with van der Waals surface area (Å²) in [7, 11) is 0. The van der Waals surface area contributed by atoms with E-state index in [1.807, 2.05) is 38.1 Å². The zero-order valence-electron chi connectivity index (χ0n) is 19.2. The van der Waals surface area contributed by atoms with Gasteiger partial charge in [-0.15, -0.1) is 0 Å². The molecule has 0 heterocycles. The minimum Gasteiger partial charge on any atom is -0.478 e. The first-order valence-electron chi connectivity index (χ1n) is 10.9. The van der Waals surface area contributed by atoms with Crippen molar-refractivity contribution in [3.05, 3.63) is 71.3 Å². The quantitative estimate of drug-likeness (QED) is 0.499. The summed E-state index contributed by atoms with van der Waals surface area (Å²) in [5, 5.41) is 14.3. The van der Waals surface area contributed by atoms with Crippen molar-refractivity contribution in [3.63, 3.8) is 0 Å². The second-order valence-corrected chi connectivity index (χ2v) is 9.02. The molecule has 2 aromatic rings. The molecular formula is C26H30N2O5. The maximum atomic E-state index is 12.4. The lowest BCUT2D eigenvalue weighted by atomic mass is 9.89. The largest absolute Gasteiger partial charge is 0.478 e. The molecule has 7 nitrogen and oxygen atoms in total. The number of fused-ring (bicyclic) bond motifs is 3. The zero-order chi connectivity index (χ0) is 24.0. The van der Waals surface area contributed by atoms with Gasteiger partial charge in [0.15, 0.2) is 0 Å². The second kappa shape index (κ2) is 10.3. The van der Waals surface area contributed by atoms with E-state index < -0.39 is 17.5 Å². The number of carbonyl (C=O) groups excluding carboxylic acids is 2. The molecule has 0 fully saturated rings. The highest BCUT2D eigenvalue weighted by atomic mass is 16.5. The van der Waals surface area contributed by atoms with Crippen LogP contribution in [-0.4, -0.2) is 42.8 Å². The number of benzene rings is 2. The average molecular weight is 451 g/mol. The van der Waals surface area contributed by atoms with Gasteiger partial charge >= 0.3 is 12.1 Å². The third-order valence-corrected chi connectivity index (χ3v) is 5.74. The maximum absolute atomic E-state index is 12.4. The number of aliphatic carboxylic acids is 1. The van der Waals surface area contributed by atoms with Crippen LogP contribution in [0.5, 0.6) is 0 Å². The standard InChI is InChI=1S/C26H30N2O5/c1-17(24(30)31)12-13-27-23(29)14-26(2,3)16-28-25(32)33-15-22-20-10-6-4-8-18(20)19-9-5-7-11-21(19)22/h4-12,22H,13-16H2,1-3H3,(H,27,29)(H,28,32)(H,30,31)/b17-12+. The van der Waals surface area contributed by atoms with Crippen molar-refractivity contribution >= 4 is 18.0 Å². The number of carbonyl (C=O) groups is 3. The number of nitrogens with one attached hydrogen (secondary N) is 2. The number of hydrogen-bond donors (Lipinski definition) is 3. The molecule has 0 aromatic heterocycles. The Balaban J connectivity index is 1.48. The van der Waals surface area contributed by atoms with Crippen molar-refractivity contribution in [2.45, 2.75) is 33.1 Å². The zero-order valence-corrected chi connectivity index (χ0v) is 19.2. The summed E-state index contributed by atoms with van der Waals surface area (Å²) < 4.78 is 5.54. The highest BCUT2D eigenvalue weighted by Gasteiger charge is 2.29. The molecule has 0 spiro atoms. The molecule has 3 N–H and O–H groups in total. The van der Waals surface area contributed by atoms with Gasteiger partial charge in [0.1, 0.15) is 6.61 Å². The van der Waals surface area contributed by atoms with E-state index in [4.69, 9.17) is 9.84 Å². The molecule has 7 heteroatoms. The second-order valence-electron chi connectivity index (χ2n) is 9.02. The Bertz CT molecular complexity index is 1030. The minimum absolute atomic E-state index is 0.00995. The van der Waals surface area contributed by atoms with Crippen molar-refractivity contribution in [2.24, 2.45) is 5.41 Å². The van der Waals surface area contributed by atoms with E-state index in [2.05, 4.69) is 34.9 Å². The van der Waals surface area contributed by atoms with E-state index in [1.165, 1.54) is 24.1 Å². The molecule has 0 radical (unpaired) electrons. The van der Waals surface area contributed by atoms with Crippen LogP contribution >= 0.6 is 0 Å². The Morgan fingerprint density at radius 1 is 1.00 bits per heavy atom.